The van der Waals surface area contributed by atoms with Crippen molar-refractivity contribution in [2.75, 3.05) is 13.1 Å². The van der Waals surface area contributed by atoms with E-state index in [1.165, 1.54) is 11.3 Å². The van der Waals surface area contributed by atoms with Crippen molar-refractivity contribution in [2.45, 2.75) is 25.6 Å². The molecule has 0 bridgehead atoms. The molecule has 6 nitrogen and oxygen atoms in total. The van der Waals surface area contributed by atoms with E-state index in [4.69, 9.17) is 9.84 Å². The Balaban J connectivity index is 1.67. The summed E-state index contributed by atoms with van der Waals surface area (Å²) in [5.74, 6) is -1.17. The summed E-state index contributed by atoms with van der Waals surface area (Å²) in [4.78, 5) is 29.6. The molecule has 0 saturated carbocycles. The van der Waals surface area contributed by atoms with Crippen LogP contribution >= 0.6 is 11.3 Å². The summed E-state index contributed by atoms with van der Waals surface area (Å²) in [7, 11) is 0. The van der Waals surface area contributed by atoms with Crippen LogP contribution in [0.1, 0.15) is 12.6 Å². The van der Waals surface area contributed by atoms with Gasteiger partial charge in [-0.2, -0.15) is 0 Å². The molecule has 2 atom stereocenters. The van der Waals surface area contributed by atoms with Gasteiger partial charge in [0.15, 0.2) is 6.10 Å². The SMILES string of the molecule is C[C@@H]1CN(C(=O)Cc2csc(-c3ccccc3)n2)CC(C(=O)O)O1. The van der Waals surface area contributed by atoms with E-state index < -0.39 is 12.1 Å². The molecule has 1 fully saturated rings. The molecule has 1 aromatic carbocycles. The highest BCUT2D eigenvalue weighted by atomic mass is 32.1. The van der Waals surface area contributed by atoms with E-state index in [0.29, 0.717) is 12.2 Å². The molecule has 0 radical (unpaired) electrons. The van der Waals surface area contributed by atoms with Gasteiger partial charge >= 0.3 is 5.97 Å². The number of carbonyl (C=O) groups is 2. The van der Waals surface area contributed by atoms with Crippen molar-refractivity contribution in [3.8, 4) is 10.6 Å². The van der Waals surface area contributed by atoms with Crippen LogP contribution in [-0.4, -0.2) is 52.2 Å². The van der Waals surface area contributed by atoms with Crippen LogP contribution in [0, 0.1) is 0 Å². The minimum Gasteiger partial charge on any atom is -0.479 e. The second kappa shape index (κ2) is 7.11. The number of hydrogen-bond acceptors (Lipinski definition) is 5. The second-order valence-electron chi connectivity index (χ2n) is 5.76. The zero-order valence-electron chi connectivity index (χ0n) is 13.2. The predicted octanol–water partition coefficient (Wildman–Crippen LogP) is 2.05. The van der Waals surface area contributed by atoms with Crippen molar-refractivity contribution in [1.29, 1.82) is 0 Å². The van der Waals surface area contributed by atoms with Gasteiger partial charge < -0.3 is 14.7 Å². The Kier molecular flexibility index (Phi) is 4.92. The highest BCUT2D eigenvalue weighted by molar-refractivity contribution is 7.13. The van der Waals surface area contributed by atoms with Gasteiger partial charge in [-0.05, 0) is 6.92 Å². The van der Waals surface area contributed by atoms with E-state index in [2.05, 4.69) is 4.98 Å². The number of benzene rings is 1. The molecule has 0 spiro atoms. The van der Waals surface area contributed by atoms with Gasteiger partial charge in [-0.1, -0.05) is 30.3 Å². The summed E-state index contributed by atoms with van der Waals surface area (Å²) in [6, 6.07) is 9.79. The summed E-state index contributed by atoms with van der Waals surface area (Å²) >= 11 is 1.50. The molecule has 1 saturated heterocycles. The average molecular weight is 346 g/mol. The van der Waals surface area contributed by atoms with Gasteiger partial charge in [0.05, 0.1) is 24.8 Å². The van der Waals surface area contributed by atoms with Crippen LogP contribution in [0.25, 0.3) is 10.6 Å². The molecule has 2 heterocycles. The fourth-order valence-electron chi connectivity index (χ4n) is 2.66. The third kappa shape index (κ3) is 3.80. The topological polar surface area (TPSA) is 79.7 Å². The molecule has 24 heavy (non-hydrogen) atoms. The lowest BCUT2D eigenvalue weighted by molar-refractivity contribution is -0.166. The number of hydrogen-bond donors (Lipinski definition) is 1. The fraction of sp³-hybridized carbons (Fsp3) is 0.353. The van der Waals surface area contributed by atoms with Crippen molar-refractivity contribution >= 4 is 23.2 Å². The fourth-order valence-corrected chi connectivity index (χ4v) is 3.49. The number of amides is 1. The van der Waals surface area contributed by atoms with E-state index in [-0.39, 0.29) is 25.0 Å². The molecule has 126 valence electrons. The Morgan fingerprint density at radius 3 is 2.79 bits per heavy atom. The highest BCUT2D eigenvalue weighted by Crippen LogP contribution is 2.24. The van der Waals surface area contributed by atoms with E-state index in [0.717, 1.165) is 10.6 Å². The smallest absolute Gasteiger partial charge is 0.334 e. The molecule has 1 aliphatic rings. The van der Waals surface area contributed by atoms with Gasteiger partial charge in [0.1, 0.15) is 5.01 Å². The summed E-state index contributed by atoms with van der Waals surface area (Å²) in [6.45, 7) is 2.25. The van der Waals surface area contributed by atoms with Crippen molar-refractivity contribution < 1.29 is 19.4 Å². The standard InChI is InChI=1S/C17H18N2O4S/c1-11-8-19(9-14(23-11)17(21)22)15(20)7-13-10-24-16(18-13)12-5-3-2-4-6-12/h2-6,10-11,14H,7-9H2,1H3,(H,21,22)/t11-,14?/m1/s1. The third-order valence-electron chi connectivity index (χ3n) is 3.79. The van der Waals surface area contributed by atoms with E-state index in [9.17, 15) is 9.59 Å². The largest absolute Gasteiger partial charge is 0.479 e. The van der Waals surface area contributed by atoms with Crippen LogP contribution in [0.2, 0.25) is 0 Å². The van der Waals surface area contributed by atoms with Crippen LogP contribution in [0.5, 0.6) is 0 Å². The molecule has 2 aromatic rings. The quantitative estimate of drug-likeness (QED) is 0.916. The van der Waals surface area contributed by atoms with Crippen molar-refractivity contribution in [1.82, 2.24) is 9.88 Å². The van der Waals surface area contributed by atoms with Gasteiger partial charge in [0.2, 0.25) is 5.91 Å². The van der Waals surface area contributed by atoms with E-state index >= 15 is 0 Å². The number of morpholine rings is 1. The van der Waals surface area contributed by atoms with E-state index in [1.807, 2.05) is 35.7 Å². The number of rotatable bonds is 4. The van der Waals surface area contributed by atoms with Gasteiger partial charge in [-0.15, -0.1) is 11.3 Å². The molecular weight excluding hydrogens is 328 g/mol. The molecule has 1 N–H and O–H groups in total. The number of carboxylic acids is 1. The first kappa shape index (κ1) is 16.6. The first-order valence-corrected chi connectivity index (χ1v) is 8.57. The zero-order chi connectivity index (χ0) is 17.1. The lowest BCUT2D eigenvalue weighted by atomic mass is 10.2. The Hall–Kier alpha value is -2.25. The zero-order valence-corrected chi connectivity index (χ0v) is 14.0. The van der Waals surface area contributed by atoms with Crippen LogP contribution in [-0.2, 0) is 20.7 Å². The van der Waals surface area contributed by atoms with Crippen molar-refractivity contribution in [3.63, 3.8) is 0 Å². The number of aromatic nitrogens is 1. The second-order valence-corrected chi connectivity index (χ2v) is 6.62. The molecule has 7 heteroatoms. The number of carboxylic acid groups (broad SMARTS) is 1. The monoisotopic (exact) mass is 346 g/mol. The minimum absolute atomic E-state index is 0.0776. The molecule has 1 amide bonds. The molecule has 1 aliphatic heterocycles. The summed E-state index contributed by atoms with van der Waals surface area (Å²) in [6.07, 6.45) is -1.09. The maximum absolute atomic E-state index is 12.5. The predicted molar refractivity (Wildman–Crippen MR) is 89.8 cm³/mol. The minimum atomic E-state index is -1.04. The number of ether oxygens (including phenoxy) is 1. The van der Waals surface area contributed by atoms with Crippen LogP contribution in [0.15, 0.2) is 35.7 Å². The third-order valence-corrected chi connectivity index (χ3v) is 4.73. The van der Waals surface area contributed by atoms with Crippen LogP contribution in [0.4, 0.5) is 0 Å². The summed E-state index contributed by atoms with van der Waals surface area (Å²) in [5, 5.41) is 11.8. The van der Waals surface area contributed by atoms with Crippen LogP contribution in [0.3, 0.4) is 0 Å². The van der Waals surface area contributed by atoms with Crippen molar-refractivity contribution in [3.05, 3.63) is 41.4 Å². The summed E-state index contributed by atoms with van der Waals surface area (Å²) in [5.41, 5.74) is 1.72. The number of aliphatic carboxylic acids is 1. The Labute approximate surface area is 143 Å². The molecule has 1 aromatic heterocycles. The molecular formula is C17H18N2O4S. The summed E-state index contributed by atoms with van der Waals surface area (Å²) < 4.78 is 5.33. The van der Waals surface area contributed by atoms with Crippen molar-refractivity contribution in [2.24, 2.45) is 0 Å². The normalized spacial score (nSPS) is 20.8. The van der Waals surface area contributed by atoms with Gasteiger partial charge in [-0.25, -0.2) is 9.78 Å². The number of thiazole rings is 1. The lowest BCUT2D eigenvalue weighted by Crippen LogP contribution is -2.52. The first-order chi connectivity index (χ1) is 11.5. The molecule has 3 rings (SSSR count). The molecule has 0 aliphatic carbocycles. The Morgan fingerprint density at radius 2 is 2.08 bits per heavy atom. The lowest BCUT2D eigenvalue weighted by Gasteiger charge is -2.34. The number of nitrogens with zero attached hydrogens (tertiary/aromatic N) is 2. The van der Waals surface area contributed by atoms with Gasteiger partial charge in [0, 0.05) is 17.5 Å². The highest BCUT2D eigenvalue weighted by Gasteiger charge is 2.32. The Bertz CT molecular complexity index is 731. The maximum atomic E-state index is 12.5. The molecule has 1 unspecified atom stereocenters. The first-order valence-electron chi connectivity index (χ1n) is 7.69. The average Bonchev–Trinajstić information content (AvgIpc) is 3.03. The van der Waals surface area contributed by atoms with Gasteiger partial charge in [-0.3, -0.25) is 4.79 Å². The number of carbonyl (C=O) groups excluding carboxylic acids is 1. The van der Waals surface area contributed by atoms with Gasteiger partial charge in [0.25, 0.3) is 0 Å². The maximum Gasteiger partial charge on any atom is 0.334 e. The van der Waals surface area contributed by atoms with Crippen LogP contribution < -0.4 is 0 Å². The van der Waals surface area contributed by atoms with E-state index in [1.54, 1.807) is 11.8 Å². The Morgan fingerprint density at radius 1 is 1.33 bits per heavy atom.